The number of benzene rings is 1. The Kier molecular flexibility index (Phi) is 13.0. The predicted molar refractivity (Wildman–Crippen MR) is 205 cm³/mol. The summed E-state index contributed by atoms with van der Waals surface area (Å²) in [5.74, 6) is 13.0. The maximum Gasteiger partial charge on any atom is 0.407 e. The number of carbonyl (C=O) groups is 4. The van der Waals surface area contributed by atoms with Crippen molar-refractivity contribution in [2.24, 2.45) is 34.6 Å². The van der Waals surface area contributed by atoms with Gasteiger partial charge in [0.25, 0.3) is 0 Å². The molecule has 3 amide bonds. The highest BCUT2D eigenvalue weighted by Crippen LogP contribution is 2.35. The fourth-order valence-corrected chi connectivity index (χ4v) is 7.34. The number of aliphatic imine (C=N–C) groups is 1. The lowest BCUT2D eigenvalue weighted by atomic mass is 9.90. The van der Waals surface area contributed by atoms with Gasteiger partial charge in [-0.3, -0.25) is 19.4 Å². The highest BCUT2D eigenvalue weighted by molar-refractivity contribution is 5.98. The molecule has 0 aliphatic carbocycles. The molecule has 2 fully saturated rings. The first-order chi connectivity index (χ1) is 25.8. The molecule has 0 saturated carbocycles. The minimum atomic E-state index is -0.708. The molecule has 12 nitrogen and oxygen atoms in total. The highest BCUT2D eigenvalue weighted by Gasteiger charge is 2.42. The van der Waals surface area contributed by atoms with Gasteiger partial charge < -0.3 is 29.6 Å². The minimum absolute atomic E-state index is 0.00687. The number of nitrogens with one attached hydrogen (secondary N) is 2. The first kappa shape index (κ1) is 39.8. The van der Waals surface area contributed by atoms with Gasteiger partial charge in [-0.05, 0) is 66.7 Å². The molecule has 12 heteroatoms. The number of ether oxygens (including phenoxy) is 2. The number of hydrogen-bond acceptors (Lipinski definition) is 8. The molecular weight excluding hydrogens is 684 g/mol. The summed E-state index contributed by atoms with van der Waals surface area (Å²) in [5.41, 5.74) is 4.12. The summed E-state index contributed by atoms with van der Waals surface area (Å²) in [6, 6.07) is 6.62. The average Bonchev–Trinajstić information content (AvgIpc) is 3.97. The molecule has 2 aromatic rings. The van der Waals surface area contributed by atoms with Crippen LogP contribution < -0.4 is 5.32 Å². The van der Waals surface area contributed by atoms with Gasteiger partial charge in [0.05, 0.1) is 44.8 Å². The molecule has 4 heterocycles. The first-order valence-corrected chi connectivity index (χ1v) is 18.7. The van der Waals surface area contributed by atoms with Gasteiger partial charge in [0.1, 0.15) is 17.6 Å². The van der Waals surface area contributed by atoms with E-state index in [2.05, 4.69) is 52.8 Å². The topological polar surface area (TPSA) is 146 Å². The molecule has 0 radical (unpaired) electrons. The highest BCUT2D eigenvalue weighted by atomic mass is 16.5. The van der Waals surface area contributed by atoms with E-state index in [-0.39, 0.29) is 54.0 Å². The number of nitrogens with zero attached hydrogens (tertiary/aromatic N) is 4. The molecule has 0 bridgehead atoms. The molecule has 6 atom stereocenters. The number of likely N-dealkylation sites (tertiary alicyclic amines) is 2. The monoisotopic (exact) mass is 736 g/mol. The van der Waals surface area contributed by atoms with Crippen molar-refractivity contribution in [2.45, 2.75) is 85.4 Å². The summed E-state index contributed by atoms with van der Waals surface area (Å²) in [6.07, 6.45) is 5.07. The number of H-pyrrole nitrogens is 1. The lowest BCUT2D eigenvalue weighted by Gasteiger charge is -2.30. The fraction of sp³-hybridized carbons (Fsp3) is 0.524. The Labute approximate surface area is 318 Å². The van der Waals surface area contributed by atoms with Gasteiger partial charge in [-0.1, -0.05) is 59.3 Å². The summed E-state index contributed by atoms with van der Waals surface area (Å²) in [7, 11) is 2.63. The number of hydrogen-bond donors (Lipinski definition) is 2. The van der Waals surface area contributed by atoms with Gasteiger partial charge in [0.15, 0.2) is 0 Å². The van der Waals surface area contributed by atoms with Gasteiger partial charge in [-0.2, -0.15) is 0 Å². The number of allylic oxidation sites excluding steroid dienone is 1. The summed E-state index contributed by atoms with van der Waals surface area (Å²) in [4.78, 5) is 67.5. The van der Waals surface area contributed by atoms with Crippen molar-refractivity contribution in [1.82, 2.24) is 25.1 Å². The van der Waals surface area contributed by atoms with Gasteiger partial charge in [-0.25, -0.2) is 9.78 Å². The number of esters is 1. The van der Waals surface area contributed by atoms with Crippen LogP contribution in [0.2, 0.25) is 0 Å². The Morgan fingerprint density at radius 2 is 1.46 bits per heavy atom. The van der Waals surface area contributed by atoms with Crippen LogP contribution in [0.1, 0.15) is 95.9 Å². The largest absolute Gasteiger partial charge is 0.469 e. The minimum Gasteiger partial charge on any atom is -0.469 e. The smallest absolute Gasteiger partial charge is 0.407 e. The predicted octanol–water partition coefficient (Wildman–Crippen LogP) is 5.25. The number of imidazole rings is 1. The van der Waals surface area contributed by atoms with Crippen LogP contribution in [0, 0.1) is 53.3 Å². The number of alkyl carbamates (subject to hydrolysis) is 1. The number of carbonyl (C=O) groups excluding carboxylic acids is 4. The molecule has 0 unspecified atom stereocenters. The molecule has 3 aliphatic rings. The van der Waals surface area contributed by atoms with Gasteiger partial charge >= 0.3 is 12.1 Å². The Hall–Kier alpha value is -5.36. The number of amides is 3. The molecular formula is C42H52N6O6. The van der Waals surface area contributed by atoms with E-state index >= 15 is 0 Å². The third kappa shape index (κ3) is 9.59. The number of rotatable bonds is 9. The summed E-state index contributed by atoms with van der Waals surface area (Å²) < 4.78 is 9.61. The van der Waals surface area contributed by atoms with Crippen molar-refractivity contribution >= 4 is 29.6 Å². The Balaban J connectivity index is 1.19. The normalized spacial score (nSPS) is 21.7. The average molecular weight is 737 g/mol. The zero-order valence-corrected chi connectivity index (χ0v) is 32.6. The van der Waals surface area contributed by atoms with E-state index in [9.17, 15) is 19.2 Å². The van der Waals surface area contributed by atoms with Crippen LogP contribution in [-0.4, -0.2) is 88.7 Å². The number of aromatic nitrogens is 2. The molecule has 54 heavy (non-hydrogen) atoms. The Morgan fingerprint density at radius 3 is 2.06 bits per heavy atom. The van der Waals surface area contributed by atoms with Gasteiger partial charge in [0, 0.05) is 48.1 Å². The summed E-state index contributed by atoms with van der Waals surface area (Å²) in [5, 5.41) is 2.68. The Bertz CT molecular complexity index is 1910. The third-order valence-electron chi connectivity index (χ3n) is 10.4. The van der Waals surface area contributed by atoms with Crippen LogP contribution in [0.5, 0.6) is 0 Å². The van der Waals surface area contributed by atoms with Crippen molar-refractivity contribution < 1.29 is 28.7 Å². The maximum absolute atomic E-state index is 13.6. The Morgan fingerprint density at radius 1 is 0.852 bits per heavy atom. The van der Waals surface area contributed by atoms with Crippen LogP contribution >= 0.6 is 0 Å². The maximum atomic E-state index is 13.6. The number of aromatic amines is 1. The van der Waals surface area contributed by atoms with E-state index in [0.717, 1.165) is 35.3 Å². The zero-order valence-electron chi connectivity index (χ0n) is 32.6. The standard InChI is InChI=1S/C42H52N6O6/c1-25(2)33(20-37(49)53-7)40(50)47-23-27(5)17-35(47)34-19-31(21-43-34)14-13-29-9-11-30(12-10-29)15-16-32-22-44-39(45-32)36-18-28(6)24-48(36)41(51)38(26(3)4)46-42(52)54-8/h9-12,21-22,25-28,33,35-36,38H,17-20,23-24H2,1-8H3,(H,44,45)(H,46,52)/t27-,28-,33+,35-,36-,38+/m0/s1. The van der Waals surface area contributed by atoms with Gasteiger partial charge in [0.2, 0.25) is 11.8 Å². The van der Waals surface area contributed by atoms with Gasteiger partial charge in [-0.15, -0.1) is 0 Å². The molecule has 1 aromatic heterocycles. The van der Waals surface area contributed by atoms with Crippen molar-refractivity contribution in [3.05, 3.63) is 64.9 Å². The van der Waals surface area contributed by atoms with Crippen LogP contribution in [-0.2, 0) is 23.9 Å². The van der Waals surface area contributed by atoms with Crippen molar-refractivity contribution in [3.8, 4) is 23.7 Å². The molecule has 2 N–H and O–H groups in total. The molecule has 286 valence electrons. The van der Waals surface area contributed by atoms with E-state index in [1.807, 2.05) is 56.9 Å². The van der Waals surface area contributed by atoms with Crippen molar-refractivity contribution in [1.29, 1.82) is 0 Å². The molecule has 5 rings (SSSR count). The van der Waals surface area contributed by atoms with Crippen LogP contribution in [0.15, 0.2) is 47.2 Å². The lowest BCUT2D eigenvalue weighted by molar-refractivity contribution is -0.148. The first-order valence-electron chi connectivity index (χ1n) is 18.7. The second kappa shape index (κ2) is 17.6. The third-order valence-corrected chi connectivity index (χ3v) is 10.4. The lowest BCUT2D eigenvalue weighted by Crippen LogP contribution is -2.51. The van der Waals surface area contributed by atoms with Crippen LogP contribution in [0.4, 0.5) is 4.79 Å². The van der Waals surface area contributed by atoms with Crippen molar-refractivity contribution in [3.63, 3.8) is 0 Å². The van der Waals surface area contributed by atoms with Crippen LogP contribution in [0.3, 0.4) is 0 Å². The molecule has 3 aliphatic heterocycles. The summed E-state index contributed by atoms with van der Waals surface area (Å²) >= 11 is 0. The van der Waals surface area contributed by atoms with E-state index in [4.69, 9.17) is 14.5 Å². The second-order valence-electron chi connectivity index (χ2n) is 15.4. The molecule has 1 aromatic carbocycles. The fourth-order valence-electron chi connectivity index (χ4n) is 7.34. The van der Waals surface area contributed by atoms with E-state index in [1.54, 1.807) is 17.3 Å². The molecule has 0 spiro atoms. The van der Waals surface area contributed by atoms with Crippen molar-refractivity contribution in [2.75, 3.05) is 27.3 Å². The zero-order chi connectivity index (χ0) is 39.1. The van der Waals surface area contributed by atoms with E-state index in [0.29, 0.717) is 36.9 Å². The second-order valence-corrected chi connectivity index (χ2v) is 15.4. The van der Waals surface area contributed by atoms with E-state index < -0.39 is 18.1 Å². The van der Waals surface area contributed by atoms with Crippen LogP contribution in [0.25, 0.3) is 0 Å². The quantitative estimate of drug-likeness (QED) is 0.264. The molecule has 2 saturated heterocycles. The SMILES string of the molecule is COC(=O)C[C@@H](C(=O)N1C[C@@H](C)C[C@H]1C1=NC=C(C#Cc2ccc(C#Cc3cnc([C@@H]4C[C@H](C)CN4C(=O)[C@H](NC(=O)OC)C(C)C)[nH]3)cc2)C1)C(C)C. The van der Waals surface area contributed by atoms with E-state index in [1.165, 1.54) is 14.2 Å². The number of methoxy groups -OCH3 is 2. The summed E-state index contributed by atoms with van der Waals surface area (Å²) in [6.45, 7) is 13.1.